The molecular weight excluding hydrogens is 460 g/mol. The van der Waals surface area contributed by atoms with Crippen LogP contribution in [-0.2, 0) is 9.47 Å². The third-order valence-corrected chi connectivity index (χ3v) is 6.08. The van der Waals surface area contributed by atoms with Crippen molar-refractivity contribution < 1.29 is 19.0 Å². The second-order valence-electron chi connectivity index (χ2n) is 8.36. The summed E-state index contributed by atoms with van der Waals surface area (Å²) in [5.41, 5.74) is 2.45. The maximum absolute atomic E-state index is 12.7. The van der Waals surface area contributed by atoms with E-state index in [0.29, 0.717) is 35.7 Å². The number of nitriles is 1. The van der Waals surface area contributed by atoms with E-state index < -0.39 is 0 Å². The Morgan fingerprint density at radius 3 is 2.94 bits per heavy atom. The predicted molar refractivity (Wildman–Crippen MR) is 129 cm³/mol. The predicted octanol–water partition coefficient (Wildman–Crippen LogP) is 3.44. The van der Waals surface area contributed by atoms with Gasteiger partial charge in [-0.15, -0.1) is 0 Å². The molecule has 1 amide bonds. The Kier molecular flexibility index (Phi) is 6.62. The normalized spacial score (nSPS) is 19.0. The summed E-state index contributed by atoms with van der Waals surface area (Å²) >= 11 is 0. The van der Waals surface area contributed by atoms with Crippen LogP contribution in [0.3, 0.4) is 0 Å². The van der Waals surface area contributed by atoms with Crippen molar-refractivity contribution in [2.24, 2.45) is 0 Å². The van der Waals surface area contributed by atoms with Gasteiger partial charge < -0.3 is 24.0 Å². The second kappa shape index (κ2) is 10.3. The molecule has 10 nitrogen and oxygen atoms in total. The van der Waals surface area contributed by atoms with Gasteiger partial charge in [-0.05, 0) is 25.0 Å². The van der Waals surface area contributed by atoms with Crippen molar-refractivity contribution in [3.63, 3.8) is 0 Å². The second-order valence-corrected chi connectivity index (χ2v) is 8.36. The lowest BCUT2D eigenvalue weighted by Crippen LogP contribution is -2.30. The molecular formula is C26H24N6O4. The van der Waals surface area contributed by atoms with Crippen molar-refractivity contribution in [2.45, 2.75) is 25.4 Å². The Bertz CT molecular complexity index is 1310. The quantitative estimate of drug-likeness (QED) is 0.608. The maximum atomic E-state index is 12.7. The zero-order valence-corrected chi connectivity index (χ0v) is 19.7. The molecule has 1 fully saturated rings. The summed E-state index contributed by atoms with van der Waals surface area (Å²) in [4.78, 5) is 28.4. The highest BCUT2D eigenvalue weighted by Crippen LogP contribution is 2.33. The van der Waals surface area contributed by atoms with Gasteiger partial charge in [-0.3, -0.25) is 4.79 Å². The number of ether oxygens (including phenoxy) is 3. The van der Waals surface area contributed by atoms with Crippen LogP contribution in [0.2, 0.25) is 0 Å². The Morgan fingerprint density at radius 2 is 2.14 bits per heavy atom. The first-order chi connectivity index (χ1) is 17.7. The fraction of sp³-hybridized carbons (Fsp3) is 0.269. The Labute approximate surface area is 208 Å². The van der Waals surface area contributed by atoms with Crippen molar-refractivity contribution in [1.29, 1.82) is 5.26 Å². The zero-order valence-electron chi connectivity index (χ0n) is 19.7. The van der Waals surface area contributed by atoms with Crippen LogP contribution in [-0.4, -0.2) is 52.1 Å². The van der Waals surface area contributed by atoms with Crippen LogP contribution in [0.4, 0.5) is 5.69 Å². The summed E-state index contributed by atoms with van der Waals surface area (Å²) in [7, 11) is 1.48. The highest BCUT2D eigenvalue weighted by atomic mass is 16.5. The van der Waals surface area contributed by atoms with Gasteiger partial charge in [-0.25, -0.2) is 15.0 Å². The van der Waals surface area contributed by atoms with Gasteiger partial charge in [-0.2, -0.15) is 5.26 Å². The Hall–Kier alpha value is -4.65. The molecule has 36 heavy (non-hydrogen) atoms. The van der Waals surface area contributed by atoms with E-state index in [2.05, 4.69) is 27.1 Å². The number of nitrogens with zero attached hydrogens (tertiary/aromatic N) is 6. The van der Waals surface area contributed by atoms with Crippen LogP contribution in [0.5, 0.6) is 5.88 Å². The number of likely N-dealkylation sites (tertiary alicyclic amines) is 1. The van der Waals surface area contributed by atoms with Gasteiger partial charge in [0.25, 0.3) is 5.91 Å². The Morgan fingerprint density at radius 1 is 1.28 bits per heavy atom. The summed E-state index contributed by atoms with van der Waals surface area (Å²) in [6.45, 7) is 1.09. The summed E-state index contributed by atoms with van der Waals surface area (Å²) in [6, 6.07) is 3.82. The first kappa shape index (κ1) is 23.1. The van der Waals surface area contributed by atoms with Crippen molar-refractivity contribution in [1.82, 2.24) is 19.9 Å². The van der Waals surface area contributed by atoms with Gasteiger partial charge >= 0.3 is 0 Å². The van der Waals surface area contributed by atoms with Crippen molar-refractivity contribution in [3.8, 4) is 11.9 Å². The van der Waals surface area contributed by atoms with Crippen LogP contribution in [0.1, 0.15) is 35.2 Å². The van der Waals surface area contributed by atoms with E-state index in [9.17, 15) is 10.1 Å². The van der Waals surface area contributed by atoms with Gasteiger partial charge in [0.15, 0.2) is 0 Å². The molecule has 0 bridgehead atoms. The molecule has 182 valence electrons. The molecule has 0 N–H and O–H groups in total. The molecule has 4 heterocycles. The SMILES string of the molecule is COc1ncc(N2C=COC(C3=C(O[C@H]4CCN(C(=O)c5cncnc5)C4)C=CCC3)=C2)cc1C#N. The molecule has 0 spiro atoms. The number of methoxy groups -OCH3 is 1. The van der Waals surface area contributed by atoms with Gasteiger partial charge in [0.2, 0.25) is 5.88 Å². The summed E-state index contributed by atoms with van der Waals surface area (Å²) in [5.74, 6) is 1.57. The fourth-order valence-electron chi connectivity index (χ4n) is 4.28. The van der Waals surface area contributed by atoms with Crippen molar-refractivity contribution in [3.05, 3.63) is 90.0 Å². The number of hydrogen-bond donors (Lipinski definition) is 0. The monoisotopic (exact) mass is 484 g/mol. The van der Waals surface area contributed by atoms with E-state index in [1.807, 2.05) is 17.2 Å². The van der Waals surface area contributed by atoms with E-state index >= 15 is 0 Å². The third-order valence-electron chi connectivity index (χ3n) is 6.08. The highest BCUT2D eigenvalue weighted by molar-refractivity contribution is 5.93. The van der Waals surface area contributed by atoms with Gasteiger partial charge in [0, 0.05) is 37.1 Å². The lowest BCUT2D eigenvalue weighted by molar-refractivity contribution is 0.0742. The first-order valence-corrected chi connectivity index (χ1v) is 11.5. The number of carbonyl (C=O) groups is 1. The number of hydrogen-bond acceptors (Lipinski definition) is 9. The molecule has 1 atom stereocenters. The topological polar surface area (TPSA) is 114 Å². The van der Waals surface area contributed by atoms with Crippen molar-refractivity contribution in [2.75, 3.05) is 25.1 Å². The van der Waals surface area contributed by atoms with Crippen molar-refractivity contribution >= 4 is 11.6 Å². The molecule has 2 aromatic heterocycles. The first-order valence-electron chi connectivity index (χ1n) is 11.5. The minimum Gasteiger partial charge on any atom is -0.488 e. The van der Waals surface area contributed by atoms with Gasteiger partial charge in [0.1, 0.15) is 41.8 Å². The average molecular weight is 485 g/mol. The molecule has 0 radical (unpaired) electrons. The zero-order chi connectivity index (χ0) is 24.9. The minimum absolute atomic E-state index is 0.0981. The molecule has 1 saturated heterocycles. The molecule has 2 aliphatic heterocycles. The molecule has 0 aromatic carbocycles. The molecule has 2 aromatic rings. The molecule has 0 saturated carbocycles. The minimum atomic E-state index is -0.133. The van der Waals surface area contributed by atoms with E-state index in [1.54, 1.807) is 29.6 Å². The Balaban J connectivity index is 1.33. The molecule has 3 aliphatic rings. The largest absolute Gasteiger partial charge is 0.488 e. The fourth-order valence-corrected chi connectivity index (χ4v) is 4.28. The van der Waals surface area contributed by atoms with E-state index in [-0.39, 0.29) is 17.9 Å². The van der Waals surface area contributed by atoms with Crippen LogP contribution in [0, 0.1) is 11.3 Å². The number of allylic oxidation sites excluding steroid dienone is 3. The molecule has 1 aliphatic carbocycles. The third kappa shape index (κ3) is 4.77. The van der Waals surface area contributed by atoms with Crippen LogP contribution in [0.25, 0.3) is 0 Å². The van der Waals surface area contributed by atoms with Gasteiger partial charge in [-0.1, -0.05) is 6.08 Å². The average Bonchev–Trinajstić information content (AvgIpc) is 3.41. The number of aromatic nitrogens is 3. The number of anilines is 1. The lowest BCUT2D eigenvalue weighted by Gasteiger charge is -2.26. The molecule has 5 rings (SSSR count). The smallest absolute Gasteiger partial charge is 0.257 e. The number of amides is 1. The number of rotatable bonds is 6. The lowest BCUT2D eigenvalue weighted by atomic mass is 10.0. The molecule has 10 heteroatoms. The molecule has 0 unspecified atom stereocenters. The number of pyridine rings is 1. The summed E-state index contributed by atoms with van der Waals surface area (Å²) in [6.07, 6.45) is 17.5. The van der Waals surface area contributed by atoms with E-state index in [1.165, 1.54) is 25.8 Å². The maximum Gasteiger partial charge on any atom is 0.257 e. The standard InChI is InChI=1S/C26H24N6O4/c1-34-25-18(11-27)10-20(14-30-25)31-8-9-35-24(16-31)22-4-2-3-5-23(22)36-21-6-7-32(15-21)26(33)19-12-28-17-29-13-19/h3,5,8-10,12-14,16-17,21H,2,4,6-7,15H2,1H3/t21-/m0/s1. The van der Waals surface area contributed by atoms with E-state index in [4.69, 9.17) is 14.2 Å². The summed E-state index contributed by atoms with van der Waals surface area (Å²) < 4.78 is 17.4. The highest BCUT2D eigenvalue weighted by Gasteiger charge is 2.30. The van der Waals surface area contributed by atoms with Crippen LogP contribution >= 0.6 is 0 Å². The van der Waals surface area contributed by atoms with E-state index in [0.717, 1.165) is 30.6 Å². The van der Waals surface area contributed by atoms with Crippen LogP contribution < -0.4 is 9.64 Å². The van der Waals surface area contributed by atoms with Gasteiger partial charge in [0.05, 0.1) is 37.3 Å². The summed E-state index contributed by atoms with van der Waals surface area (Å²) in [5, 5.41) is 9.41. The van der Waals surface area contributed by atoms with Crippen LogP contribution in [0.15, 0.2) is 78.9 Å². The number of carbonyl (C=O) groups excluding carboxylic acids is 1.